The number of ether oxygens (including phenoxy) is 1. The zero-order chi connectivity index (χ0) is 20.8. The van der Waals surface area contributed by atoms with Crippen LogP contribution in [0.2, 0.25) is 0 Å². The molecule has 0 amide bonds. The molecule has 0 aliphatic carbocycles. The van der Waals surface area contributed by atoms with Gasteiger partial charge in [-0.1, -0.05) is 19.4 Å². The van der Waals surface area contributed by atoms with Gasteiger partial charge >= 0.3 is 16.2 Å². The van der Waals surface area contributed by atoms with Crippen LogP contribution in [0.15, 0.2) is 53.7 Å². The normalized spacial score (nSPS) is 14.2. The van der Waals surface area contributed by atoms with E-state index in [1.165, 1.54) is 10.7 Å². The first-order valence-electron chi connectivity index (χ1n) is 7.48. The van der Waals surface area contributed by atoms with Crippen LogP contribution >= 0.6 is 10.2 Å². The van der Waals surface area contributed by atoms with Crippen LogP contribution in [0, 0.1) is 0 Å². The second-order valence-corrected chi connectivity index (χ2v) is 8.21. The maximum absolute atomic E-state index is 12.8. The molecule has 0 saturated carbocycles. The highest BCUT2D eigenvalue weighted by molar-refractivity contribution is 8.45. The van der Waals surface area contributed by atoms with E-state index < -0.39 is 21.1 Å². The molecule has 1 aromatic carbocycles. The quantitative estimate of drug-likeness (QED) is 0.541. The van der Waals surface area contributed by atoms with E-state index in [4.69, 9.17) is 9.84 Å². The average Bonchev–Trinajstić information content (AvgIpc) is 2.99. The molecule has 2 heterocycles. The van der Waals surface area contributed by atoms with Gasteiger partial charge in [0.1, 0.15) is 10.6 Å². The van der Waals surface area contributed by atoms with Crippen molar-refractivity contribution in [3.8, 4) is 22.9 Å². The molecule has 0 aliphatic rings. The van der Waals surface area contributed by atoms with Gasteiger partial charge in [-0.25, -0.2) is 9.78 Å². The Morgan fingerprint density at radius 1 is 1.11 bits per heavy atom. The van der Waals surface area contributed by atoms with Gasteiger partial charge in [0.15, 0.2) is 0 Å². The highest BCUT2D eigenvalue weighted by atomic mass is 32.5. The van der Waals surface area contributed by atoms with Crippen LogP contribution in [0.5, 0.6) is 11.6 Å². The summed E-state index contributed by atoms with van der Waals surface area (Å²) in [5, 5.41) is 13.2. The van der Waals surface area contributed by atoms with Gasteiger partial charge in [0.05, 0.1) is 16.8 Å². The Morgan fingerprint density at radius 2 is 1.75 bits per heavy atom. The minimum absolute atomic E-state index is 0.149. The molecule has 150 valence electrons. The number of aryl methyl sites for hydroxylation is 1. The molecule has 0 bridgehead atoms. The minimum Gasteiger partial charge on any atom is -0.478 e. The van der Waals surface area contributed by atoms with Gasteiger partial charge in [0.2, 0.25) is 5.88 Å². The highest BCUT2D eigenvalue weighted by Crippen LogP contribution is 3.02. The van der Waals surface area contributed by atoms with E-state index in [1.54, 1.807) is 19.3 Å². The standard InChI is InChI=1S/C16H12F5N3O3S/c1-24-7-6-14(23-24)13-8-10(16(25)26)9-22-15(13)27-11-2-4-12(5-3-11)28(17,18,19,20)21/h2-9H,1H3,(H,25,26). The van der Waals surface area contributed by atoms with Crippen molar-refractivity contribution >= 4 is 16.2 Å². The first-order chi connectivity index (χ1) is 12.7. The number of halogens is 5. The Balaban J connectivity index is 2.00. The summed E-state index contributed by atoms with van der Waals surface area (Å²) in [6.07, 6.45) is 2.57. The van der Waals surface area contributed by atoms with Gasteiger partial charge in [-0.3, -0.25) is 4.68 Å². The number of carbonyl (C=O) groups is 1. The maximum Gasteiger partial charge on any atom is 0.337 e. The van der Waals surface area contributed by atoms with Gasteiger partial charge in [0.25, 0.3) is 0 Å². The van der Waals surface area contributed by atoms with Gasteiger partial charge in [-0.05, 0) is 36.4 Å². The van der Waals surface area contributed by atoms with E-state index in [1.807, 2.05) is 0 Å². The molecule has 1 N–H and O–H groups in total. The van der Waals surface area contributed by atoms with Crippen molar-refractivity contribution in [1.29, 1.82) is 0 Å². The molecular weight excluding hydrogens is 409 g/mol. The molecular formula is C16H12F5N3O3S. The van der Waals surface area contributed by atoms with E-state index in [0.29, 0.717) is 5.69 Å². The first kappa shape index (κ1) is 19.6. The zero-order valence-corrected chi connectivity index (χ0v) is 14.8. The third-order valence-electron chi connectivity index (χ3n) is 3.57. The van der Waals surface area contributed by atoms with Crippen LogP contribution in [-0.4, -0.2) is 25.8 Å². The Labute approximate surface area is 154 Å². The first-order valence-corrected chi connectivity index (χ1v) is 9.43. The average molecular weight is 421 g/mol. The van der Waals surface area contributed by atoms with E-state index >= 15 is 0 Å². The van der Waals surface area contributed by atoms with Crippen molar-refractivity contribution in [1.82, 2.24) is 14.8 Å². The Bertz CT molecular complexity index is 1070. The molecule has 0 fully saturated rings. The summed E-state index contributed by atoms with van der Waals surface area (Å²) in [4.78, 5) is 13.0. The van der Waals surface area contributed by atoms with E-state index in [-0.39, 0.29) is 34.9 Å². The summed E-state index contributed by atoms with van der Waals surface area (Å²) in [6, 6.07) is 4.65. The number of carboxylic acid groups (broad SMARTS) is 1. The van der Waals surface area contributed by atoms with Crippen LogP contribution in [0.25, 0.3) is 11.3 Å². The van der Waals surface area contributed by atoms with E-state index in [2.05, 4.69) is 10.1 Å². The summed E-state index contributed by atoms with van der Waals surface area (Å²) < 4.78 is 70.8. The van der Waals surface area contributed by atoms with E-state index in [9.17, 15) is 24.2 Å². The smallest absolute Gasteiger partial charge is 0.337 e. The number of aromatic carboxylic acids is 1. The van der Waals surface area contributed by atoms with Gasteiger partial charge < -0.3 is 9.84 Å². The molecule has 28 heavy (non-hydrogen) atoms. The molecule has 6 nitrogen and oxygen atoms in total. The lowest BCUT2D eigenvalue weighted by Gasteiger charge is -2.40. The summed E-state index contributed by atoms with van der Waals surface area (Å²) in [7, 11) is -8.17. The third kappa shape index (κ3) is 4.22. The van der Waals surface area contributed by atoms with Crippen molar-refractivity contribution in [2.75, 3.05) is 0 Å². The van der Waals surface area contributed by atoms with Gasteiger partial charge in [-0.15, -0.1) is 0 Å². The largest absolute Gasteiger partial charge is 0.478 e. The lowest BCUT2D eigenvalue weighted by molar-refractivity contribution is 0.0696. The van der Waals surface area contributed by atoms with Crippen molar-refractivity contribution in [2.45, 2.75) is 4.90 Å². The molecule has 0 saturated heterocycles. The molecule has 12 heteroatoms. The molecule has 0 unspecified atom stereocenters. The molecule has 0 radical (unpaired) electrons. The fraction of sp³-hybridized carbons (Fsp3) is 0.0625. The van der Waals surface area contributed by atoms with Crippen molar-refractivity contribution in [3.05, 3.63) is 54.4 Å². The van der Waals surface area contributed by atoms with Crippen molar-refractivity contribution in [3.63, 3.8) is 0 Å². The predicted molar refractivity (Wildman–Crippen MR) is 91.3 cm³/mol. The Kier molecular flexibility index (Phi) is 3.97. The predicted octanol–water partition coefficient (Wildman–Crippen LogP) is 5.63. The number of pyridine rings is 1. The number of aromatic nitrogens is 3. The topological polar surface area (TPSA) is 77.2 Å². The van der Waals surface area contributed by atoms with Crippen molar-refractivity contribution in [2.24, 2.45) is 7.05 Å². The lowest BCUT2D eigenvalue weighted by Crippen LogP contribution is -2.05. The molecule has 0 spiro atoms. The monoisotopic (exact) mass is 421 g/mol. The number of carboxylic acids is 1. The molecule has 2 aromatic heterocycles. The number of nitrogens with zero attached hydrogens (tertiary/aromatic N) is 3. The highest BCUT2D eigenvalue weighted by Gasteiger charge is 2.65. The molecule has 0 atom stereocenters. The Morgan fingerprint density at radius 3 is 2.25 bits per heavy atom. The lowest BCUT2D eigenvalue weighted by atomic mass is 10.1. The molecule has 0 aliphatic heterocycles. The van der Waals surface area contributed by atoms with Gasteiger partial charge in [0, 0.05) is 19.4 Å². The third-order valence-corrected chi connectivity index (χ3v) is 4.73. The zero-order valence-electron chi connectivity index (χ0n) is 14.0. The minimum atomic E-state index is -9.79. The van der Waals surface area contributed by atoms with Crippen molar-refractivity contribution < 1.29 is 34.1 Å². The van der Waals surface area contributed by atoms with Crippen LogP contribution in [0.3, 0.4) is 0 Å². The summed E-state index contributed by atoms with van der Waals surface area (Å²) >= 11 is 0. The second kappa shape index (κ2) is 5.67. The van der Waals surface area contributed by atoms with Crippen LogP contribution in [0.4, 0.5) is 19.4 Å². The fourth-order valence-corrected chi connectivity index (χ4v) is 2.92. The summed E-state index contributed by atoms with van der Waals surface area (Å²) in [5.41, 5.74) is 0.304. The SMILES string of the molecule is Cn1ccc(-c2cc(C(=O)O)cnc2Oc2ccc(S(F)(F)(F)(F)F)cc2)n1. The Hall–Kier alpha value is -3.15. The second-order valence-electron chi connectivity index (χ2n) is 5.80. The molecule has 3 rings (SSSR count). The number of hydrogen-bond donors (Lipinski definition) is 1. The fourth-order valence-electron chi connectivity index (χ4n) is 2.27. The number of benzene rings is 1. The van der Waals surface area contributed by atoms with E-state index in [0.717, 1.165) is 18.3 Å². The number of rotatable bonds is 5. The molecule has 3 aromatic rings. The van der Waals surface area contributed by atoms with Crippen LogP contribution < -0.4 is 4.74 Å². The summed E-state index contributed by atoms with van der Waals surface area (Å²) in [5.74, 6) is -1.60. The van der Waals surface area contributed by atoms with Crippen LogP contribution in [-0.2, 0) is 7.05 Å². The number of hydrogen-bond acceptors (Lipinski definition) is 4. The maximum atomic E-state index is 12.8. The van der Waals surface area contributed by atoms with Gasteiger partial charge in [-0.2, -0.15) is 5.10 Å². The van der Waals surface area contributed by atoms with Crippen LogP contribution in [0.1, 0.15) is 10.4 Å². The summed E-state index contributed by atoms with van der Waals surface area (Å²) in [6.45, 7) is 0.